The van der Waals surface area contributed by atoms with Gasteiger partial charge in [-0.25, -0.2) is 4.98 Å². The van der Waals surface area contributed by atoms with Crippen LogP contribution >= 0.6 is 0 Å². The summed E-state index contributed by atoms with van der Waals surface area (Å²) in [5, 5.41) is 14.0. The molecule has 0 saturated heterocycles. The summed E-state index contributed by atoms with van der Waals surface area (Å²) in [7, 11) is 0. The SMILES string of the molecule is CC(C)C(NC(=O)Cn1cnc2ccc([N+](=O)[O-])cc2c1=O)c1ccccc1. The Balaban J connectivity index is 1.85. The summed E-state index contributed by atoms with van der Waals surface area (Å²) in [4.78, 5) is 39.7. The van der Waals surface area contributed by atoms with Gasteiger partial charge in [-0.1, -0.05) is 44.2 Å². The van der Waals surface area contributed by atoms with E-state index < -0.39 is 10.5 Å². The molecule has 0 fully saturated rings. The second kappa shape index (κ2) is 7.99. The molecule has 0 spiro atoms. The molecule has 1 N–H and O–H groups in total. The number of nitro groups is 1. The van der Waals surface area contributed by atoms with Crippen LogP contribution in [0.2, 0.25) is 0 Å². The maximum absolute atomic E-state index is 12.6. The minimum Gasteiger partial charge on any atom is -0.347 e. The zero-order valence-corrected chi connectivity index (χ0v) is 15.5. The van der Waals surface area contributed by atoms with Crippen molar-refractivity contribution in [3.63, 3.8) is 0 Å². The van der Waals surface area contributed by atoms with Gasteiger partial charge in [0.05, 0.1) is 28.2 Å². The predicted octanol–water partition coefficient (Wildman–Crippen LogP) is 2.82. The molecule has 0 bridgehead atoms. The van der Waals surface area contributed by atoms with E-state index in [0.29, 0.717) is 5.52 Å². The van der Waals surface area contributed by atoms with Crippen LogP contribution in [-0.4, -0.2) is 20.4 Å². The molecule has 3 rings (SSSR count). The first-order valence-electron chi connectivity index (χ1n) is 8.84. The predicted molar refractivity (Wildman–Crippen MR) is 105 cm³/mol. The lowest BCUT2D eigenvalue weighted by molar-refractivity contribution is -0.384. The number of amides is 1. The highest BCUT2D eigenvalue weighted by molar-refractivity contribution is 5.81. The van der Waals surface area contributed by atoms with Gasteiger partial charge in [0.25, 0.3) is 11.2 Å². The molecule has 1 atom stereocenters. The van der Waals surface area contributed by atoms with Crippen LogP contribution in [0, 0.1) is 16.0 Å². The third-order valence-electron chi connectivity index (χ3n) is 4.47. The summed E-state index contributed by atoms with van der Waals surface area (Å²) in [5.74, 6) is -0.184. The van der Waals surface area contributed by atoms with E-state index in [2.05, 4.69) is 10.3 Å². The van der Waals surface area contributed by atoms with Crippen LogP contribution in [0.1, 0.15) is 25.5 Å². The van der Waals surface area contributed by atoms with E-state index in [9.17, 15) is 19.7 Å². The van der Waals surface area contributed by atoms with E-state index in [1.54, 1.807) is 0 Å². The number of fused-ring (bicyclic) bond motifs is 1. The van der Waals surface area contributed by atoms with Crippen LogP contribution in [0.15, 0.2) is 59.7 Å². The zero-order valence-electron chi connectivity index (χ0n) is 15.5. The fourth-order valence-corrected chi connectivity index (χ4v) is 3.04. The van der Waals surface area contributed by atoms with E-state index in [1.165, 1.54) is 24.5 Å². The first-order chi connectivity index (χ1) is 13.4. The number of carbonyl (C=O) groups excluding carboxylic acids is 1. The number of rotatable bonds is 6. The Hall–Kier alpha value is -3.55. The van der Waals surface area contributed by atoms with Crippen molar-refractivity contribution in [1.29, 1.82) is 0 Å². The van der Waals surface area contributed by atoms with Crippen LogP contribution in [-0.2, 0) is 11.3 Å². The normalized spacial score (nSPS) is 12.1. The first kappa shape index (κ1) is 19.2. The molecule has 8 heteroatoms. The maximum Gasteiger partial charge on any atom is 0.270 e. The summed E-state index contributed by atoms with van der Waals surface area (Å²) in [5.41, 5.74) is 0.629. The van der Waals surface area contributed by atoms with Gasteiger partial charge in [-0.3, -0.25) is 24.3 Å². The topological polar surface area (TPSA) is 107 Å². The van der Waals surface area contributed by atoms with Crippen LogP contribution in [0.25, 0.3) is 10.9 Å². The van der Waals surface area contributed by atoms with E-state index >= 15 is 0 Å². The van der Waals surface area contributed by atoms with E-state index in [1.807, 2.05) is 44.2 Å². The average molecular weight is 380 g/mol. The Morgan fingerprint density at radius 1 is 1.21 bits per heavy atom. The third-order valence-corrected chi connectivity index (χ3v) is 4.47. The van der Waals surface area contributed by atoms with Crippen LogP contribution < -0.4 is 10.9 Å². The number of hydrogen-bond acceptors (Lipinski definition) is 5. The molecule has 3 aromatic rings. The van der Waals surface area contributed by atoms with Crippen molar-refractivity contribution in [2.45, 2.75) is 26.4 Å². The molecule has 1 unspecified atom stereocenters. The lowest BCUT2D eigenvalue weighted by Crippen LogP contribution is -2.36. The molecule has 1 aromatic heterocycles. The van der Waals surface area contributed by atoms with Gasteiger partial charge >= 0.3 is 0 Å². The van der Waals surface area contributed by atoms with Gasteiger partial charge in [-0.2, -0.15) is 0 Å². The fourth-order valence-electron chi connectivity index (χ4n) is 3.04. The number of nitro benzene ring substituents is 1. The molecule has 144 valence electrons. The minimum absolute atomic E-state index is 0.105. The second-order valence-corrected chi connectivity index (χ2v) is 6.84. The number of hydrogen-bond donors (Lipinski definition) is 1. The Morgan fingerprint density at radius 2 is 1.93 bits per heavy atom. The number of nitrogens with zero attached hydrogens (tertiary/aromatic N) is 3. The summed E-state index contributed by atoms with van der Waals surface area (Å²) in [6, 6.07) is 13.3. The highest BCUT2D eigenvalue weighted by Crippen LogP contribution is 2.21. The van der Waals surface area contributed by atoms with Gasteiger partial charge in [0.1, 0.15) is 6.54 Å². The largest absolute Gasteiger partial charge is 0.347 e. The third kappa shape index (κ3) is 4.06. The number of benzene rings is 2. The van der Waals surface area contributed by atoms with Gasteiger partial charge < -0.3 is 5.32 Å². The Morgan fingerprint density at radius 3 is 2.57 bits per heavy atom. The van der Waals surface area contributed by atoms with Crippen molar-refractivity contribution in [2.75, 3.05) is 0 Å². The highest BCUT2D eigenvalue weighted by atomic mass is 16.6. The molecule has 0 saturated carbocycles. The molecule has 1 amide bonds. The molecular weight excluding hydrogens is 360 g/mol. The van der Waals surface area contributed by atoms with Crippen molar-refractivity contribution in [3.05, 3.63) is 80.9 Å². The van der Waals surface area contributed by atoms with Crippen molar-refractivity contribution < 1.29 is 9.72 Å². The second-order valence-electron chi connectivity index (χ2n) is 6.84. The van der Waals surface area contributed by atoms with Gasteiger partial charge in [0.2, 0.25) is 5.91 Å². The molecule has 0 aliphatic rings. The van der Waals surface area contributed by atoms with E-state index in [-0.39, 0.29) is 35.5 Å². The van der Waals surface area contributed by atoms with Crippen LogP contribution in [0.5, 0.6) is 0 Å². The Kier molecular flexibility index (Phi) is 5.49. The number of nitrogens with one attached hydrogen (secondary N) is 1. The van der Waals surface area contributed by atoms with Crippen LogP contribution in [0.4, 0.5) is 5.69 Å². The zero-order chi connectivity index (χ0) is 20.3. The van der Waals surface area contributed by atoms with Crippen LogP contribution in [0.3, 0.4) is 0 Å². The summed E-state index contributed by atoms with van der Waals surface area (Å²) < 4.78 is 1.16. The maximum atomic E-state index is 12.6. The lowest BCUT2D eigenvalue weighted by Gasteiger charge is -2.23. The standard InChI is InChI=1S/C20H20N4O4/c1-13(2)19(14-6-4-3-5-7-14)22-18(25)11-23-12-21-17-9-8-15(24(27)28)10-16(17)20(23)26/h3-10,12-13,19H,11H2,1-2H3,(H,22,25). The van der Waals surface area contributed by atoms with Gasteiger partial charge in [0.15, 0.2) is 0 Å². The van der Waals surface area contributed by atoms with Gasteiger partial charge in [-0.15, -0.1) is 0 Å². The molecule has 0 aliphatic carbocycles. The smallest absolute Gasteiger partial charge is 0.270 e. The fraction of sp³-hybridized carbons (Fsp3) is 0.250. The van der Waals surface area contributed by atoms with E-state index in [0.717, 1.165) is 10.1 Å². The van der Waals surface area contributed by atoms with Crippen molar-refractivity contribution in [1.82, 2.24) is 14.9 Å². The molecule has 28 heavy (non-hydrogen) atoms. The van der Waals surface area contributed by atoms with Crippen molar-refractivity contribution >= 4 is 22.5 Å². The van der Waals surface area contributed by atoms with E-state index in [4.69, 9.17) is 0 Å². The molecule has 0 radical (unpaired) electrons. The van der Waals surface area contributed by atoms with Gasteiger partial charge in [-0.05, 0) is 17.5 Å². The molecule has 8 nitrogen and oxygen atoms in total. The Labute approximate surface area is 161 Å². The molecule has 2 aromatic carbocycles. The van der Waals surface area contributed by atoms with Gasteiger partial charge in [0, 0.05) is 12.1 Å². The Bertz CT molecular complexity index is 1080. The number of aromatic nitrogens is 2. The quantitative estimate of drug-likeness (QED) is 0.523. The number of non-ortho nitro benzene ring substituents is 1. The lowest BCUT2D eigenvalue weighted by atomic mass is 9.96. The minimum atomic E-state index is -0.573. The molecule has 1 heterocycles. The summed E-state index contributed by atoms with van der Waals surface area (Å²) in [6.07, 6.45) is 1.28. The summed E-state index contributed by atoms with van der Waals surface area (Å²) in [6.45, 7) is 3.78. The summed E-state index contributed by atoms with van der Waals surface area (Å²) >= 11 is 0. The molecular formula is C20H20N4O4. The molecule has 0 aliphatic heterocycles. The first-order valence-corrected chi connectivity index (χ1v) is 8.84. The van der Waals surface area contributed by atoms with Crippen molar-refractivity contribution in [2.24, 2.45) is 5.92 Å². The monoisotopic (exact) mass is 380 g/mol. The van der Waals surface area contributed by atoms with Crippen molar-refractivity contribution in [3.8, 4) is 0 Å². The number of carbonyl (C=O) groups is 1. The highest BCUT2D eigenvalue weighted by Gasteiger charge is 2.19. The average Bonchev–Trinajstić information content (AvgIpc) is 2.68.